The Bertz CT molecular complexity index is 488. The van der Waals surface area contributed by atoms with Crippen LogP contribution in [0.4, 0.5) is 0 Å². The van der Waals surface area contributed by atoms with Crippen LogP contribution < -0.4 is 0 Å². The summed E-state index contributed by atoms with van der Waals surface area (Å²) in [7, 11) is 4.13. The molecule has 1 amide bonds. The number of hydrogen-bond donors (Lipinski definition) is 0. The standard InChI is InChI=1S/C16H25N3O2/c1-17-8-7-16(6-5-15(17)20)13-19(10-9-18(16)2)12-14-4-3-11-21-14/h3-4,11H,5-10,12-13H2,1-2H3/t16-/m0/s1. The number of hydrogen-bond acceptors (Lipinski definition) is 4. The van der Waals surface area contributed by atoms with Crippen LogP contribution in [0.2, 0.25) is 0 Å². The number of carbonyl (C=O) groups is 1. The molecule has 2 aliphatic rings. The van der Waals surface area contributed by atoms with Crippen LogP contribution in [-0.2, 0) is 11.3 Å². The lowest BCUT2D eigenvalue weighted by atomic mass is 9.86. The molecule has 0 N–H and O–H groups in total. The third-order valence-corrected chi connectivity index (χ3v) is 5.18. The van der Waals surface area contributed by atoms with Crippen LogP contribution in [-0.4, -0.2) is 66.4 Å². The number of amides is 1. The lowest BCUT2D eigenvalue weighted by Gasteiger charge is -2.49. The van der Waals surface area contributed by atoms with E-state index in [4.69, 9.17) is 4.42 Å². The fourth-order valence-corrected chi connectivity index (χ4v) is 3.60. The van der Waals surface area contributed by atoms with Gasteiger partial charge in [-0.2, -0.15) is 0 Å². The summed E-state index contributed by atoms with van der Waals surface area (Å²) in [6.07, 6.45) is 4.41. The topological polar surface area (TPSA) is 39.9 Å². The van der Waals surface area contributed by atoms with E-state index in [9.17, 15) is 4.79 Å². The summed E-state index contributed by atoms with van der Waals surface area (Å²) < 4.78 is 5.48. The smallest absolute Gasteiger partial charge is 0.222 e. The molecular formula is C16H25N3O2. The van der Waals surface area contributed by atoms with Gasteiger partial charge in [-0.15, -0.1) is 0 Å². The first-order valence-corrected chi connectivity index (χ1v) is 7.79. The molecule has 0 bridgehead atoms. The minimum Gasteiger partial charge on any atom is -0.468 e. The Labute approximate surface area is 126 Å². The van der Waals surface area contributed by atoms with Crippen molar-refractivity contribution in [3.05, 3.63) is 24.2 Å². The summed E-state index contributed by atoms with van der Waals surface area (Å²) in [5.41, 5.74) is 0.130. The van der Waals surface area contributed by atoms with Gasteiger partial charge in [0.05, 0.1) is 12.8 Å². The molecule has 116 valence electrons. The Hall–Kier alpha value is -1.33. The Morgan fingerprint density at radius 3 is 2.86 bits per heavy atom. The maximum atomic E-state index is 12.0. The van der Waals surface area contributed by atoms with Crippen molar-refractivity contribution in [1.82, 2.24) is 14.7 Å². The van der Waals surface area contributed by atoms with Gasteiger partial charge in [-0.25, -0.2) is 0 Å². The fraction of sp³-hybridized carbons (Fsp3) is 0.688. The Kier molecular flexibility index (Phi) is 4.04. The lowest BCUT2D eigenvalue weighted by Crippen LogP contribution is -2.60. The average Bonchev–Trinajstić information content (AvgIpc) is 2.94. The molecule has 1 spiro atoms. The zero-order valence-corrected chi connectivity index (χ0v) is 13.0. The Balaban J connectivity index is 1.71. The summed E-state index contributed by atoms with van der Waals surface area (Å²) in [5, 5.41) is 0. The highest BCUT2D eigenvalue weighted by molar-refractivity contribution is 5.76. The highest BCUT2D eigenvalue weighted by Gasteiger charge is 2.41. The third kappa shape index (κ3) is 2.99. The summed E-state index contributed by atoms with van der Waals surface area (Å²) >= 11 is 0. The molecule has 3 heterocycles. The lowest BCUT2D eigenvalue weighted by molar-refractivity contribution is -0.129. The summed E-state index contributed by atoms with van der Waals surface area (Å²) in [4.78, 5) is 18.8. The summed E-state index contributed by atoms with van der Waals surface area (Å²) in [6, 6.07) is 3.98. The first-order valence-electron chi connectivity index (χ1n) is 7.79. The van der Waals surface area contributed by atoms with Gasteiger partial charge >= 0.3 is 0 Å². The van der Waals surface area contributed by atoms with Crippen LogP contribution in [0.25, 0.3) is 0 Å². The first kappa shape index (κ1) is 14.6. The molecule has 1 atom stereocenters. The van der Waals surface area contributed by atoms with E-state index in [0.29, 0.717) is 6.42 Å². The highest BCUT2D eigenvalue weighted by atomic mass is 16.3. The van der Waals surface area contributed by atoms with Gasteiger partial charge in [0.15, 0.2) is 0 Å². The normalized spacial score (nSPS) is 29.0. The van der Waals surface area contributed by atoms with Crippen LogP contribution in [0.3, 0.4) is 0 Å². The van der Waals surface area contributed by atoms with Crippen LogP contribution in [0.1, 0.15) is 25.0 Å². The van der Waals surface area contributed by atoms with E-state index in [1.807, 2.05) is 24.1 Å². The predicted octanol–water partition coefficient (Wildman–Crippen LogP) is 1.41. The molecule has 2 fully saturated rings. The number of likely N-dealkylation sites (N-methyl/N-ethyl adjacent to an activating group) is 1. The van der Waals surface area contributed by atoms with Crippen LogP contribution in [0.5, 0.6) is 0 Å². The average molecular weight is 291 g/mol. The van der Waals surface area contributed by atoms with Gasteiger partial charge in [0, 0.05) is 45.2 Å². The molecule has 0 radical (unpaired) electrons. The van der Waals surface area contributed by atoms with E-state index in [1.54, 1.807) is 6.26 Å². The molecular weight excluding hydrogens is 266 g/mol. The van der Waals surface area contributed by atoms with Crippen LogP contribution in [0, 0.1) is 0 Å². The van der Waals surface area contributed by atoms with E-state index >= 15 is 0 Å². The number of carbonyl (C=O) groups excluding carboxylic acids is 1. The van der Waals surface area contributed by atoms with Gasteiger partial charge in [0.1, 0.15) is 5.76 Å². The van der Waals surface area contributed by atoms with Crippen molar-refractivity contribution in [3.8, 4) is 0 Å². The molecule has 0 saturated carbocycles. The van der Waals surface area contributed by atoms with E-state index < -0.39 is 0 Å². The predicted molar refractivity (Wildman–Crippen MR) is 80.8 cm³/mol. The fourth-order valence-electron chi connectivity index (χ4n) is 3.60. The molecule has 1 aromatic heterocycles. The molecule has 3 rings (SSSR count). The van der Waals surface area contributed by atoms with Gasteiger partial charge in [-0.05, 0) is 32.0 Å². The minimum absolute atomic E-state index is 0.130. The minimum atomic E-state index is 0.130. The molecule has 2 saturated heterocycles. The van der Waals surface area contributed by atoms with Crippen LogP contribution >= 0.6 is 0 Å². The van der Waals surface area contributed by atoms with Crippen molar-refractivity contribution < 1.29 is 9.21 Å². The van der Waals surface area contributed by atoms with E-state index in [2.05, 4.69) is 16.8 Å². The molecule has 0 aliphatic carbocycles. The third-order valence-electron chi connectivity index (χ3n) is 5.18. The zero-order chi connectivity index (χ0) is 14.9. The van der Waals surface area contributed by atoms with Gasteiger partial charge in [-0.1, -0.05) is 0 Å². The molecule has 2 aliphatic heterocycles. The van der Waals surface area contributed by atoms with Crippen molar-refractivity contribution in [2.75, 3.05) is 40.3 Å². The van der Waals surface area contributed by atoms with Gasteiger partial charge in [-0.3, -0.25) is 14.6 Å². The Morgan fingerprint density at radius 2 is 2.10 bits per heavy atom. The van der Waals surface area contributed by atoms with Gasteiger partial charge in [0.25, 0.3) is 0 Å². The summed E-state index contributed by atoms with van der Waals surface area (Å²) in [6.45, 7) is 4.86. The molecule has 0 aromatic carbocycles. The molecule has 5 nitrogen and oxygen atoms in total. The second kappa shape index (κ2) is 5.81. The molecule has 1 aromatic rings. The number of nitrogens with zero attached hydrogens (tertiary/aromatic N) is 3. The molecule has 0 unspecified atom stereocenters. The van der Waals surface area contributed by atoms with Crippen molar-refractivity contribution in [2.45, 2.75) is 31.3 Å². The van der Waals surface area contributed by atoms with Gasteiger partial charge in [0.2, 0.25) is 5.91 Å². The number of furan rings is 1. The second-order valence-electron chi connectivity index (χ2n) is 6.50. The largest absolute Gasteiger partial charge is 0.468 e. The zero-order valence-electron chi connectivity index (χ0n) is 13.0. The van der Waals surface area contributed by atoms with Crippen molar-refractivity contribution in [2.24, 2.45) is 0 Å². The number of rotatable bonds is 2. The van der Waals surface area contributed by atoms with E-state index in [-0.39, 0.29) is 11.4 Å². The number of piperazine rings is 1. The maximum absolute atomic E-state index is 12.0. The van der Waals surface area contributed by atoms with Gasteiger partial charge < -0.3 is 9.32 Å². The van der Waals surface area contributed by atoms with Crippen molar-refractivity contribution in [3.63, 3.8) is 0 Å². The second-order valence-corrected chi connectivity index (χ2v) is 6.50. The van der Waals surface area contributed by atoms with E-state index in [0.717, 1.165) is 51.3 Å². The highest BCUT2D eigenvalue weighted by Crippen LogP contribution is 2.32. The summed E-state index contributed by atoms with van der Waals surface area (Å²) in [5.74, 6) is 1.31. The first-order chi connectivity index (χ1) is 10.1. The van der Waals surface area contributed by atoms with Crippen LogP contribution in [0.15, 0.2) is 22.8 Å². The Morgan fingerprint density at radius 1 is 1.24 bits per heavy atom. The maximum Gasteiger partial charge on any atom is 0.222 e. The quantitative estimate of drug-likeness (QED) is 0.826. The monoisotopic (exact) mass is 291 g/mol. The molecule has 5 heteroatoms. The molecule has 21 heavy (non-hydrogen) atoms. The van der Waals surface area contributed by atoms with Crippen molar-refractivity contribution in [1.29, 1.82) is 0 Å². The number of likely N-dealkylation sites (tertiary alicyclic amines) is 1. The van der Waals surface area contributed by atoms with E-state index in [1.165, 1.54) is 0 Å². The van der Waals surface area contributed by atoms with Crippen molar-refractivity contribution >= 4 is 5.91 Å². The SMILES string of the molecule is CN1CC[C@@]2(CCC1=O)CN(Cc1ccco1)CCN2C.